The number of pyridine rings is 1. The van der Waals surface area contributed by atoms with Gasteiger partial charge in [0.15, 0.2) is 5.96 Å². The lowest BCUT2D eigenvalue weighted by atomic mass is 10.0. The van der Waals surface area contributed by atoms with Crippen LogP contribution in [0.3, 0.4) is 0 Å². The van der Waals surface area contributed by atoms with Crippen LogP contribution in [0.4, 0.5) is 0 Å². The average Bonchev–Trinajstić information content (AvgIpc) is 2.55. The van der Waals surface area contributed by atoms with Crippen molar-refractivity contribution in [1.82, 2.24) is 14.8 Å². The number of halogens is 1. The van der Waals surface area contributed by atoms with E-state index < -0.39 is 0 Å². The molecule has 2 rings (SSSR count). The number of piperidine rings is 1. The minimum atomic E-state index is 0. The van der Waals surface area contributed by atoms with E-state index in [0.29, 0.717) is 0 Å². The fraction of sp³-hybridized carbons (Fsp3) is 0.667. The van der Waals surface area contributed by atoms with Gasteiger partial charge in [-0.15, -0.1) is 24.0 Å². The first-order valence-corrected chi connectivity index (χ1v) is 8.89. The van der Waals surface area contributed by atoms with Gasteiger partial charge in [0.2, 0.25) is 5.56 Å². The Balaban J connectivity index is 0.00000288. The molecule has 1 unspecified atom stereocenters. The molecule has 5 nitrogen and oxygen atoms in total. The summed E-state index contributed by atoms with van der Waals surface area (Å²) in [5, 5.41) is 3.41. The molecule has 0 aliphatic carbocycles. The van der Waals surface area contributed by atoms with Gasteiger partial charge in [0.1, 0.15) is 0 Å². The molecule has 6 heteroatoms. The highest BCUT2D eigenvalue weighted by Crippen LogP contribution is 2.15. The van der Waals surface area contributed by atoms with E-state index >= 15 is 0 Å². The molecule has 0 bridgehead atoms. The van der Waals surface area contributed by atoms with Crippen LogP contribution in [0.5, 0.6) is 0 Å². The first-order chi connectivity index (χ1) is 11.2. The van der Waals surface area contributed by atoms with Crippen molar-refractivity contribution in [3.8, 4) is 0 Å². The zero-order valence-corrected chi connectivity index (χ0v) is 17.2. The number of guanidine groups is 1. The number of aliphatic imine (C=N–C) groups is 1. The van der Waals surface area contributed by atoms with Crippen LogP contribution in [0.25, 0.3) is 0 Å². The molecule has 0 amide bonds. The number of nitrogens with one attached hydrogen (secondary N) is 1. The van der Waals surface area contributed by atoms with Crippen LogP contribution in [0.2, 0.25) is 0 Å². The maximum Gasteiger partial charge on any atom is 0.250 e. The SMILES string of the molecule is CCNC(=NCCCCn1ccccc1=O)N1CCCC(C)C1.I. The number of aryl methyl sites for hydroxylation is 1. The van der Waals surface area contributed by atoms with Crippen molar-refractivity contribution in [3.05, 3.63) is 34.7 Å². The van der Waals surface area contributed by atoms with E-state index in [1.165, 1.54) is 12.8 Å². The zero-order chi connectivity index (χ0) is 16.5. The molecule has 1 atom stereocenters. The zero-order valence-electron chi connectivity index (χ0n) is 14.9. The molecule has 0 saturated carbocycles. The lowest BCUT2D eigenvalue weighted by Gasteiger charge is -2.33. The van der Waals surface area contributed by atoms with Crippen molar-refractivity contribution in [2.45, 2.75) is 46.1 Å². The largest absolute Gasteiger partial charge is 0.357 e. The van der Waals surface area contributed by atoms with E-state index in [1.807, 2.05) is 12.3 Å². The van der Waals surface area contributed by atoms with E-state index in [1.54, 1.807) is 16.7 Å². The molecule has 1 aliphatic rings. The number of hydrogen-bond donors (Lipinski definition) is 1. The van der Waals surface area contributed by atoms with Gasteiger partial charge < -0.3 is 14.8 Å². The maximum atomic E-state index is 11.6. The molecule has 1 fully saturated rings. The van der Waals surface area contributed by atoms with Gasteiger partial charge in [-0.25, -0.2) is 0 Å². The lowest BCUT2D eigenvalue weighted by Crippen LogP contribution is -2.46. The van der Waals surface area contributed by atoms with Crippen molar-refractivity contribution in [2.75, 3.05) is 26.2 Å². The minimum Gasteiger partial charge on any atom is -0.357 e. The normalized spacial score (nSPS) is 18.2. The van der Waals surface area contributed by atoms with Gasteiger partial charge in [-0.05, 0) is 44.6 Å². The Bertz CT molecular complexity index is 558. The second-order valence-electron chi connectivity index (χ2n) is 6.37. The van der Waals surface area contributed by atoms with E-state index in [-0.39, 0.29) is 29.5 Å². The molecule has 0 spiro atoms. The van der Waals surface area contributed by atoms with Crippen LogP contribution in [0, 0.1) is 5.92 Å². The number of hydrogen-bond acceptors (Lipinski definition) is 2. The molecule has 1 N–H and O–H groups in total. The second kappa shape index (κ2) is 11.5. The summed E-state index contributed by atoms with van der Waals surface area (Å²) in [6.07, 6.45) is 6.40. The molecule has 136 valence electrons. The highest BCUT2D eigenvalue weighted by molar-refractivity contribution is 14.0. The van der Waals surface area contributed by atoms with Crippen molar-refractivity contribution in [1.29, 1.82) is 0 Å². The molecule has 24 heavy (non-hydrogen) atoms. The Hall–Kier alpha value is -1.05. The highest BCUT2D eigenvalue weighted by Gasteiger charge is 2.18. The summed E-state index contributed by atoms with van der Waals surface area (Å²) < 4.78 is 1.77. The molecule has 1 aromatic heterocycles. The molecule has 0 radical (unpaired) electrons. The van der Waals surface area contributed by atoms with Gasteiger partial charge in [0.25, 0.3) is 0 Å². The first-order valence-electron chi connectivity index (χ1n) is 8.89. The predicted molar refractivity (Wildman–Crippen MR) is 111 cm³/mol. The smallest absolute Gasteiger partial charge is 0.250 e. The molecule has 0 aromatic carbocycles. The summed E-state index contributed by atoms with van der Waals surface area (Å²) in [4.78, 5) is 18.8. The van der Waals surface area contributed by atoms with E-state index in [0.717, 1.165) is 57.4 Å². The number of likely N-dealkylation sites (tertiary alicyclic amines) is 1. The van der Waals surface area contributed by atoms with Crippen LogP contribution in [0.1, 0.15) is 39.5 Å². The Morgan fingerprint density at radius 1 is 1.38 bits per heavy atom. The third-order valence-electron chi connectivity index (χ3n) is 4.26. The highest BCUT2D eigenvalue weighted by atomic mass is 127. The summed E-state index contributed by atoms with van der Waals surface area (Å²) >= 11 is 0. The molecular weight excluding hydrogens is 415 g/mol. The van der Waals surface area contributed by atoms with Crippen molar-refractivity contribution < 1.29 is 0 Å². The van der Waals surface area contributed by atoms with Gasteiger partial charge in [-0.2, -0.15) is 0 Å². The van der Waals surface area contributed by atoms with E-state index in [2.05, 4.69) is 24.1 Å². The Kier molecular flexibility index (Phi) is 10.1. The summed E-state index contributed by atoms with van der Waals surface area (Å²) in [5.41, 5.74) is 0.0756. The van der Waals surface area contributed by atoms with Crippen molar-refractivity contribution in [3.63, 3.8) is 0 Å². The minimum absolute atomic E-state index is 0. The lowest BCUT2D eigenvalue weighted by molar-refractivity contribution is 0.266. The average molecular weight is 446 g/mol. The first kappa shape index (κ1) is 21.0. The summed E-state index contributed by atoms with van der Waals surface area (Å²) in [6, 6.07) is 5.30. The van der Waals surface area contributed by atoms with E-state index in [4.69, 9.17) is 4.99 Å². The van der Waals surface area contributed by atoms with Crippen LogP contribution in [-0.4, -0.2) is 41.6 Å². The van der Waals surface area contributed by atoms with E-state index in [9.17, 15) is 4.79 Å². The van der Waals surface area contributed by atoms with Crippen LogP contribution in [0.15, 0.2) is 34.2 Å². The Labute approximate surface area is 162 Å². The number of nitrogens with zero attached hydrogens (tertiary/aromatic N) is 3. The molecule has 2 heterocycles. The van der Waals surface area contributed by atoms with Crippen LogP contribution >= 0.6 is 24.0 Å². The fourth-order valence-electron chi connectivity index (χ4n) is 3.03. The number of rotatable bonds is 6. The van der Waals surface area contributed by atoms with Crippen LogP contribution in [-0.2, 0) is 6.54 Å². The Morgan fingerprint density at radius 2 is 2.21 bits per heavy atom. The summed E-state index contributed by atoms with van der Waals surface area (Å²) in [7, 11) is 0. The van der Waals surface area contributed by atoms with Crippen molar-refractivity contribution in [2.24, 2.45) is 10.9 Å². The maximum absolute atomic E-state index is 11.6. The topological polar surface area (TPSA) is 49.6 Å². The Morgan fingerprint density at radius 3 is 2.92 bits per heavy atom. The summed E-state index contributed by atoms with van der Waals surface area (Å²) in [5.74, 6) is 1.80. The molecule has 1 saturated heterocycles. The number of aromatic nitrogens is 1. The summed E-state index contributed by atoms with van der Waals surface area (Å²) in [6.45, 7) is 9.13. The van der Waals surface area contributed by atoms with Gasteiger partial charge in [-0.1, -0.05) is 13.0 Å². The van der Waals surface area contributed by atoms with Crippen molar-refractivity contribution >= 4 is 29.9 Å². The second-order valence-corrected chi connectivity index (χ2v) is 6.37. The number of unbranched alkanes of at least 4 members (excludes halogenated alkanes) is 1. The van der Waals surface area contributed by atoms with Gasteiger partial charge >= 0.3 is 0 Å². The van der Waals surface area contributed by atoms with Gasteiger partial charge in [0.05, 0.1) is 0 Å². The monoisotopic (exact) mass is 446 g/mol. The predicted octanol–water partition coefficient (Wildman–Crippen LogP) is 2.94. The third kappa shape index (κ3) is 6.83. The quantitative estimate of drug-likeness (QED) is 0.317. The van der Waals surface area contributed by atoms with Crippen LogP contribution < -0.4 is 10.9 Å². The molecule has 1 aliphatic heterocycles. The fourth-order valence-corrected chi connectivity index (χ4v) is 3.03. The van der Waals surface area contributed by atoms with Gasteiger partial charge in [0, 0.05) is 45.0 Å². The third-order valence-corrected chi connectivity index (χ3v) is 4.26. The molecule has 1 aromatic rings. The standard InChI is InChI=1S/C18H30N4O.HI/c1-3-19-18(22-14-8-9-16(2)15-22)20-11-5-7-13-21-12-6-4-10-17(21)23;/h4,6,10,12,16H,3,5,7-9,11,13-15H2,1-2H3,(H,19,20);1H. The molecular formula is C18H31IN4O. The van der Waals surface area contributed by atoms with Gasteiger partial charge in [-0.3, -0.25) is 9.79 Å².